The van der Waals surface area contributed by atoms with E-state index in [0.29, 0.717) is 43.6 Å². The molecule has 0 aliphatic rings. The van der Waals surface area contributed by atoms with E-state index in [1.165, 1.54) is 0 Å². The smallest absolute Gasteiger partial charge is 0.182 e. The van der Waals surface area contributed by atoms with Crippen LogP contribution in [-0.4, -0.2) is 54.2 Å². The second-order valence-corrected chi connectivity index (χ2v) is 4.29. The Bertz CT molecular complexity index is 573. The van der Waals surface area contributed by atoms with Crippen LogP contribution in [0.4, 0.5) is 5.69 Å². The average Bonchev–Trinajstić information content (AvgIpc) is 2.95. The van der Waals surface area contributed by atoms with Crippen molar-refractivity contribution in [1.29, 1.82) is 0 Å². The van der Waals surface area contributed by atoms with E-state index in [4.69, 9.17) is 19.9 Å². The molecule has 114 valence electrons. The molecule has 2 aromatic rings. The molecule has 0 atom stereocenters. The normalized spacial score (nSPS) is 10.8. The Labute approximate surface area is 122 Å². The fraction of sp³-hybridized carbons (Fsp3) is 0.462. The van der Waals surface area contributed by atoms with Gasteiger partial charge in [0.05, 0.1) is 39.2 Å². The zero-order valence-corrected chi connectivity index (χ0v) is 12.2. The minimum Gasteiger partial charge on any atom is -0.495 e. The Morgan fingerprint density at radius 2 is 2.05 bits per heavy atom. The molecule has 21 heavy (non-hydrogen) atoms. The quantitative estimate of drug-likeness (QED) is 0.562. The molecule has 8 heteroatoms. The molecule has 0 spiro atoms. The van der Waals surface area contributed by atoms with Gasteiger partial charge in [0.1, 0.15) is 5.75 Å². The molecule has 1 heterocycles. The molecule has 0 aliphatic carbocycles. The Balaban J connectivity index is 2.04. The number of tetrazole rings is 1. The second kappa shape index (κ2) is 7.55. The van der Waals surface area contributed by atoms with Gasteiger partial charge in [-0.25, -0.2) is 4.68 Å². The van der Waals surface area contributed by atoms with Crippen LogP contribution in [0.1, 0.15) is 0 Å². The van der Waals surface area contributed by atoms with Crippen LogP contribution >= 0.6 is 0 Å². The molecule has 0 amide bonds. The predicted molar refractivity (Wildman–Crippen MR) is 76.9 cm³/mol. The van der Waals surface area contributed by atoms with Crippen molar-refractivity contribution in [1.82, 2.24) is 20.2 Å². The van der Waals surface area contributed by atoms with Gasteiger partial charge >= 0.3 is 0 Å². The van der Waals surface area contributed by atoms with Crippen LogP contribution in [-0.2, 0) is 16.0 Å². The fourth-order valence-electron chi connectivity index (χ4n) is 1.83. The highest BCUT2D eigenvalue weighted by molar-refractivity contribution is 5.66. The zero-order chi connectivity index (χ0) is 15.1. The standard InChI is InChI=1S/C13H19N5O3/c1-19-7-8-21-6-5-18-13(15-16-17-18)10-3-4-12(20-2)11(14)9-10/h3-4,9H,5-8,14H2,1-2H3. The maximum atomic E-state index is 5.90. The van der Waals surface area contributed by atoms with Crippen LogP contribution in [0.2, 0.25) is 0 Å². The molecule has 0 aliphatic heterocycles. The molecule has 8 nitrogen and oxygen atoms in total. The minimum atomic E-state index is 0.507. The van der Waals surface area contributed by atoms with Crippen molar-refractivity contribution in [2.24, 2.45) is 0 Å². The van der Waals surface area contributed by atoms with Gasteiger partial charge in [0.2, 0.25) is 0 Å². The topological polar surface area (TPSA) is 97.3 Å². The summed E-state index contributed by atoms with van der Waals surface area (Å²) in [5.41, 5.74) is 7.27. The lowest BCUT2D eigenvalue weighted by Crippen LogP contribution is -2.11. The van der Waals surface area contributed by atoms with Crippen molar-refractivity contribution in [2.75, 3.05) is 39.8 Å². The number of hydrogen-bond acceptors (Lipinski definition) is 7. The third-order valence-electron chi connectivity index (χ3n) is 2.90. The summed E-state index contributed by atoms with van der Waals surface area (Å²) >= 11 is 0. The van der Waals surface area contributed by atoms with Crippen LogP contribution in [0.3, 0.4) is 0 Å². The first-order valence-corrected chi connectivity index (χ1v) is 6.53. The third-order valence-corrected chi connectivity index (χ3v) is 2.90. The van der Waals surface area contributed by atoms with Crippen molar-refractivity contribution in [3.63, 3.8) is 0 Å². The van der Waals surface area contributed by atoms with Gasteiger partial charge in [0, 0.05) is 12.7 Å². The number of ether oxygens (including phenoxy) is 3. The summed E-state index contributed by atoms with van der Waals surface area (Å²) in [4.78, 5) is 0. The van der Waals surface area contributed by atoms with Crippen molar-refractivity contribution in [3.05, 3.63) is 18.2 Å². The van der Waals surface area contributed by atoms with Crippen LogP contribution in [0.15, 0.2) is 18.2 Å². The van der Waals surface area contributed by atoms with Crippen molar-refractivity contribution < 1.29 is 14.2 Å². The predicted octanol–water partition coefficient (Wildman–Crippen LogP) is 0.594. The largest absolute Gasteiger partial charge is 0.495 e. The van der Waals surface area contributed by atoms with Gasteiger partial charge < -0.3 is 19.9 Å². The number of nitrogens with two attached hydrogens (primary N) is 1. The number of methoxy groups -OCH3 is 2. The number of hydrogen-bond donors (Lipinski definition) is 1. The average molecular weight is 293 g/mol. The number of anilines is 1. The number of benzene rings is 1. The number of aromatic nitrogens is 4. The van der Waals surface area contributed by atoms with E-state index < -0.39 is 0 Å². The molecule has 0 saturated heterocycles. The summed E-state index contributed by atoms with van der Waals surface area (Å²) in [6, 6.07) is 5.44. The summed E-state index contributed by atoms with van der Waals surface area (Å²) in [5, 5.41) is 11.7. The van der Waals surface area contributed by atoms with E-state index >= 15 is 0 Å². The lowest BCUT2D eigenvalue weighted by molar-refractivity contribution is 0.0654. The molecule has 0 radical (unpaired) electrons. The Morgan fingerprint density at radius 3 is 2.76 bits per heavy atom. The minimum absolute atomic E-state index is 0.507. The van der Waals surface area contributed by atoms with Crippen molar-refractivity contribution in [3.8, 4) is 17.1 Å². The van der Waals surface area contributed by atoms with Gasteiger partial charge in [-0.3, -0.25) is 0 Å². The van der Waals surface area contributed by atoms with Gasteiger partial charge in [-0.2, -0.15) is 0 Å². The summed E-state index contributed by atoms with van der Waals surface area (Å²) < 4.78 is 17.1. The highest BCUT2D eigenvalue weighted by atomic mass is 16.5. The van der Waals surface area contributed by atoms with Crippen LogP contribution < -0.4 is 10.5 Å². The van der Waals surface area contributed by atoms with Crippen molar-refractivity contribution in [2.45, 2.75) is 6.54 Å². The van der Waals surface area contributed by atoms with Crippen LogP contribution in [0, 0.1) is 0 Å². The van der Waals surface area contributed by atoms with E-state index in [9.17, 15) is 0 Å². The molecule has 0 bridgehead atoms. The summed E-state index contributed by atoms with van der Waals surface area (Å²) in [6.45, 7) is 2.17. The number of nitrogen functional groups attached to an aromatic ring is 1. The van der Waals surface area contributed by atoms with Gasteiger partial charge in [0.25, 0.3) is 0 Å². The lowest BCUT2D eigenvalue weighted by Gasteiger charge is -2.08. The number of nitrogens with zero attached hydrogens (tertiary/aromatic N) is 4. The zero-order valence-electron chi connectivity index (χ0n) is 12.2. The third kappa shape index (κ3) is 3.89. The highest BCUT2D eigenvalue weighted by Gasteiger charge is 2.10. The molecule has 0 saturated carbocycles. The first-order valence-electron chi connectivity index (χ1n) is 6.53. The summed E-state index contributed by atoms with van der Waals surface area (Å²) in [5.74, 6) is 1.26. The fourth-order valence-corrected chi connectivity index (χ4v) is 1.83. The second-order valence-electron chi connectivity index (χ2n) is 4.29. The van der Waals surface area contributed by atoms with Gasteiger partial charge in [-0.1, -0.05) is 0 Å². The Kier molecular flexibility index (Phi) is 5.47. The van der Waals surface area contributed by atoms with E-state index in [1.807, 2.05) is 6.07 Å². The van der Waals surface area contributed by atoms with E-state index in [0.717, 1.165) is 5.56 Å². The Hall–Kier alpha value is -2.19. The summed E-state index contributed by atoms with van der Waals surface area (Å²) in [6.07, 6.45) is 0. The van der Waals surface area contributed by atoms with E-state index in [2.05, 4.69) is 15.5 Å². The maximum absolute atomic E-state index is 5.90. The highest BCUT2D eigenvalue weighted by Crippen LogP contribution is 2.26. The first kappa shape index (κ1) is 15.2. The molecular weight excluding hydrogens is 274 g/mol. The molecular formula is C13H19N5O3. The molecule has 0 unspecified atom stereocenters. The lowest BCUT2D eigenvalue weighted by atomic mass is 10.2. The van der Waals surface area contributed by atoms with E-state index in [-0.39, 0.29) is 0 Å². The maximum Gasteiger partial charge on any atom is 0.182 e. The summed E-state index contributed by atoms with van der Waals surface area (Å²) in [7, 11) is 3.21. The molecule has 2 rings (SSSR count). The van der Waals surface area contributed by atoms with Crippen LogP contribution in [0.25, 0.3) is 11.4 Å². The molecule has 1 aromatic carbocycles. The SMILES string of the molecule is COCCOCCn1nnnc1-c1ccc(OC)c(N)c1. The monoisotopic (exact) mass is 293 g/mol. The molecule has 0 fully saturated rings. The van der Waals surface area contributed by atoms with Gasteiger partial charge in [-0.05, 0) is 28.6 Å². The molecule has 2 N–H and O–H groups in total. The van der Waals surface area contributed by atoms with Gasteiger partial charge in [-0.15, -0.1) is 5.10 Å². The van der Waals surface area contributed by atoms with Gasteiger partial charge in [0.15, 0.2) is 5.82 Å². The van der Waals surface area contributed by atoms with Crippen LogP contribution in [0.5, 0.6) is 5.75 Å². The molecule has 1 aromatic heterocycles. The first-order chi connectivity index (χ1) is 10.3. The Morgan fingerprint density at radius 1 is 1.19 bits per heavy atom. The number of rotatable bonds is 8. The van der Waals surface area contributed by atoms with E-state index in [1.54, 1.807) is 31.0 Å². The van der Waals surface area contributed by atoms with Crippen molar-refractivity contribution >= 4 is 5.69 Å².